The van der Waals surface area contributed by atoms with E-state index >= 15 is 0 Å². The first-order valence-corrected chi connectivity index (χ1v) is 6.26. The van der Waals surface area contributed by atoms with Crippen molar-refractivity contribution < 1.29 is 5.21 Å². The fourth-order valence-electron chi connectivity index (χ4n) is 2.13. The minimum absolute atomic E-state index is 0.0416. The van der Waals surface area contributed by atoms with Crippen LogP contribution in [0.15, 0.2) is 29.4 Å². The highest BCUT2D eigenvalue weighted by atomic mass is 16.4. The quantitative estimate of drug-likeness (QED) is 0.313. The molecule has 0 bridgehead atoms. The van der Waals surface area contributed by atoms with Crippen LogP contribution < -0.4 is 5.73 Å². The number of hydrogen-bond donors (Lipinski definition) is 2. The van der Waals surface area contributed by atoms with Crippen LogP contribution in [-0.2, 0) is 0 Å². The lowest BCUT2D eigenvalue weighted by molar-refractivity contribution is 0.318. The minimum atomic E-state index is -0.0416. The smallest absolute Gasteiger partial charge is 0.189 e. The first-order chi connectivity index (χ1) is 10.1. The van der Waals surface area contributed by atoms with Gasteiger partial charge in [0.1, 0.15) is 5.52 Å². The molecule has 0 aliphatic rings. The summed E-state index contributed by atoms with van der Waals surface area (Å²) in [5, 5.41) is 28.5. The topological polar surface area (TPSA) is 115 Å². The van der Waals surface area contributed by atoms with E-state index in [1.54, 1.807) is 6.92 Å². The fraction of sp³-hybridized carbons (Fsp3) is 0.154. The second kappa shape index (κ2) is 4.82. The van der Waals surface area contributed by atoms with Gasteiger partial charge in [0, 0.05) is 0 Å². The van der Waals surface area contributed by atoms with Crippen molar-refractivity contribution >= 4 is 16.9 Å². The third-order valence-corrected chi connectivity index (χ3v) is 3.35. The monoisotopic (exact) mass is 283 g/mol. The lowest BCUT2D eigenvalue weighted by Gasteiger charge is -2.11. The maximum Gasteiger partial charge on any atom is 0.189 e. The maximum atomic E-state index is 9.01. The number of oxime groups is 1. The molecule has 8 nitrogen and oxygen atoms in total. The summed E-state index contributed by atoms with van der Waals surface area (Å²) >= 11 is 0. The SMILES string of the molecule is Cc1nnc(-n2nnc3ccccc32)c(/C(N)=N/O)c1C. The fourth-order valence-corrected chi connectivity index (χ4v) is 2.13. The van der Waals surface area contributed by atoms with Crippen molar-refractivity contribution in [3.8, 4) is 5.82 Å². The van der Waals surface area contributed by atoms with Gasteiger partial charge in [-0.05, 0) is 31.5 Å². The Labute approximate surface area is 119 Å². The summed E-state index contributed by atoms with van der Waals surface area (Å²) in [6, 6.07) is 7.45. The molecule has 2 aromatic heterocycles. The molecule has 8 heteroatoms. The predicted molar refractivity (Wildman–Crippen MR) is 76.4 cm³/mol. The summed E-state index contributed by atoms with van der Waals surface area (Å²) in [7, 11) is 0. The molecular weight excluding hydrogens is 270 g/mol. The predicted octanol–water partition coefficient (Wildman–Crippen LogP) is 0.922. The number of fused-ring (bicyclic) bond motifs is 1. The van der Waals surface area contributed by atoms with Crippen LogP contribution in [0.4, 0.5) is 0 Å². The van der Waals surface area contributed by atoms with Gasteiger partial charge in [0.15, 0.2) is 11.7 Å². The van der Waals surface area contributed by atoms with Gasteiger partial charge >= 0.3 is 0 Å². The molecule has 3 aromatic rings. The molecule has 2 heterocycles. The number of benzene rings is 1. The van der Waals surface area contributed by atoms with Gasteiger partial charge in [0.05, 0.1) is 16.8 Å². The van der Waals surface area contributed by atoms with E-state index in [0.717, 1.165) is 16.6 Å². The summed E-state index contributed by atoms with van der Waals surface area (Å²) in [6.45, 7) is 3.64. The van der Waals surface area contributed by atoms with E-state index < -0.39 is 0 Å². The van der Waals surface area contributed by atoms with Gasteiger partial charge in [0.2, 0.25) is 0 Å². The summed E-state index contributed by atoms with van der Waals surface area (Å²) in [4.78, 5) is 0. The highest BCUT2D eigenvalue weighted by Crippen LogP contribution is 2.20. The molecule has 0 atom stereocenters. The molecule has 0 aliphatic heterocycles. The molecule has 21 heavy (non-hydrogen) atoms. The van der Waals surface area contributed by atoms with E-state index in [1.165, 1.54) is 4.68 Å². The number of rotatable bonds is 2. The third-order valence-electron chi connectivity index (χ3n) is 3.35. The van der Waals surface area contributed by atoms with E-state index in [1.807, 2.05) is 31.2 Å². The van der Waals surface area contributed by atoms with Crippen LogP contribution >= 0.6 is 0 Å². The normalized spacial score (nSPS) is 12.0. The molecule has 106 valence electrons. The standard InChI is InChI=1S/C13H13N7O/c1-7-8(2)15-17-13(11(7)12(14)18-21)20-10-6-4-3-5-9(10)16-19-20/h3-6,21H,1-2H3,(H2,14,18). The van der Waals surface area contributed by atoms with E-state index in [2.05, 4.69) is 25.7 Å². The second-order valence-corrected chi connectivity index (χ2v) is 4.58. The van der Waals surface area contributed by atoms with Gasteiger partial charge in [-0.1, -0.05) is 22.5 Å². The average molecular weight is 283 g/mol. The zero-order valence-electron chi connectivity index (χ0n) is 11.5. The second-order valence-electron chi connectivity index (χ2n) is 4.58. The molecule has 1 aromatic carbocycles. The van der Waals surface area contributed by atoms with Crippen LogP contribution in [0, 0.1) is 13.8 Å². The van der Waals surface area contributed by atoms with Crippen molar-refractivity contribution in [1.29, 1.82) is 0 Å². The van der Waals surface area contributed by atoms with Gasteiger partial charge < -0.3 is 10.9 Å². The van der Waals surface area contributed by atoms with E-state index in [4.69, 9.17) is 10.9 Å². The molecular formula is C13H13N7O. The Balaban J connectivity index is 2.35. The lowest BCUT2D eigenvalue weighted by Crippen LogP contribution is -2.21. The molecule has 0 amide bonds. The Morgan fingerprint density at radius 2 is 1.95 bits per heavy atom. The Kier molecular flexibility index (Phi) is 2.98. The Hall–Kier alpha value is -3.03. The Morgan fingerprint density at radius 3 is 2.71 bits per heavy atom. The van der Waals surface area contributed by atoms with Gasteiger partial charge in [-0.15, -0.1) is 10.2 Å². The third kappa shape index (κ3) is 1.97. The van der Waals surface area contributed by atoms with Crippen LogP contribution in [0.3, 0.4) is 0 Å². The van der Waals surface area contributed by atoms with Crippen molar-refractivity contribution in [3.05, 3.63) is 41.1 Å². The molecule has 0 saturated heterocycles. The Bertz CT molecular complexity index is 853. The van der Waals surface area contributed by atoms with Crippen LogP contribution in [0.25, 0.3) is 16.9 Å². The molecule has 0 aliphatic carbocycles. The van der Waals surface area contributed by atoms with Crippen molar-refractivity contribution in [1.82, 2.24) is 25.2 Å². The number of amidine groups is 1. The van der Waals surface area contributed by atoms with Crippen LogP contribution in [0.2, 0.25) is 0 Å². The first kappa shape index (κ1) is 13.0. The molecule has 0 unspecified atom stereocenters. The maximum absolute atomic E-state index is 9.01. The van der Waals surface area contributed by atoms with E-state index in [-0.39, 0.29) is 5.84 Å². The van der Waals surface area contributed by atoms with Crippen molar-refractivity contribution in [3.63, 3.8) is 0 Å². The number of nitrogens with two attached hydrogens (primary N) is 1. The molecule has 3 N–H and O–H groups in total. The van der Waals surface area contributed by atoms with Crippen molar-refractivity contribution in [2.24, 2.45) is 10.9 Å². The zero-order valence-corrected chi connectivity index (χ0v) is 11.5. The number of para-hydroxylation sites is 1. The van der Waals surface area contributed by atoms with Gasteiger partial charge in [0.25, 0.3) is 0 Å². The van der Waals surface area contributed by atoms with E-state index in [9.17, 15) is 0 Å². The lowest BCUT2D eigenvalue weighted by atomic mass is 10.1. The molecule has 3 rings (SSSR count). The number of nitrogens with zero attached hydrogens (tertiary/aromatic N) is 6. The number of aromatic nitrogens is 5. The van der Waals surface area contributed by atoms with Gasteiger partial charge in [-0.2, -0.15) is 9.78 Å². The van der Waals surface area contributed by atoms with E-state index in [0.29, 0.717) is 17.1 Å². The Morgan fingerprint density at radius 1 is 1.19 bits per heavy atom. The zero-order chi connectivity index (χ0) is 15.0. The highest BCUT2D eigenvalue weighted by Gasteiger charge is 2.19. The summed E-state index contributed by atoms with van der Waals surface area (Å²) in [5.74, 6) is 0.335. The first-order valence-electron chi connectivity index (χ1n) is 6.26. The van der Waals surface area contributed by atoms with Crippen LogP contribution in [0.5, 0.6) is 0 Å². The van der Waals surface area contributed by atoms with Crippen molar-refractivity contribution in [2.45, 2.75) is 13.8 Å². The van der Waals surface area contributed by atoms with Gasteiger partial charge in [-0.3, -0.25) is 0 Å². The van der Waals surface area contributed by atoms with Crippen LogP contribution in [0.1, 0.15) is 16.8 Å². The number of hydrogen-bond acceptors (Lipinski definition) is 6. The minimum Gasteiger partial charge on any atom is -0.409 e. The molecule has 0 saturated carbocycles. The summed E-state index contributed by atoms with van der Waals surface area (Å²) in [5.41, 5.74) is 9.24. The summed E-state index contributed by atoms with van der Waals surface area (Å²) in [6.07, 6.45) is 0. The van der Waals surface area contributed by atoms with Gasteiger partial charge in [-0.25, -0.2) is 0 Å². The van der Waals surface area contributed by atoms with Crippen LogP contribution in [-0.4, -0.2) is 36.2 Å². The molecule has 0 radical (unpaired) electrons. The highest BCUT2D eigenvalue weighted by molar-refractivity contribution is 6.01. The largest absolute Gasteiger partial charge is 0.409 e. The summed E-state index contributed by atoms with van der Waals surface area (Å²) < 4.78 is 1.53. The average Bonchev–Trinajstić information content (AvgIpc) is 2.93. The number of aryl methyl sites for hydroxylation is 1. The molecule has 0 spiro atoms. The molecule has 0 fully saturated rings. The van der Waals surface area contributed by atoms with Crippen molar-refractivity contribution in [2.75, 3.05) is 0 Å².